The van der Waals surface area contributed by atoms with Crippen LogP contribution in [0.25, 0.3) is 22.0 Å². The van der Waals surface area contributed by atoms with E-state index in [9.17, 15) is 4.79 Å². The molecule has 3 heteroatoms. The zero-order valence-corrected chi connectivity index (χ0v) is 15.6. The highest BCUT2D eigenvalue weighted by atomic mass is 16.5. The summed E-state index contributed by atoms with van der Waals surface area (Å²) >= 11 is 0. The van der Waals surface area contributed by atoms with Crippen molar-refractivity contribution < 1.29 is 14.1 Å². The van der Waals surface area contributed by atoms with Crippen molar-refractivity contribution in [3.05, 3.63) is 78.2 Å². The molecule has 134 valence electrons. The van der Waals surface area contributed by atoms with Crippen LogP contribution in [-0.4, -0.2) is 12.4 Å². The van der Waals surface area contributed by atoms with Gasteiger partial charge in [0.05, 0.1) is 35.2 Å². The summed E-state index contributed by atoms with van der Waals surface area (Å²) in [6, 6.07) is 20.0. The lowest BCUT2D eigenvalue weighted by atomic mass is 9.93. The van der Waals surface area contributed by atoms with Crippen molar-refractivity contribution in [2.75, 3.05) is 6.61 Å². The Kier molecular flexibility index (Phi) is 3.64. The molecule has 2 heterocycles. The van der Waals surface area contributed by atoms with Crippen LogP contribution < -0.4 is 4.57 Å². The molecule has 3 aromatic rings. The number of rotatable bonds is 4. The van der Waals surface area contributed by atoms with Gasteiger partial charge in [-0.05, 0) is 36.9 Å². The van der Waals surface area contributed by atoms with Crippen molar-refractivity contribution in [2.24, 2.45) is 5.92 Å². The highest BCUT2D eigenvalue weighted by Crippen LogP contribution is 2.60. The fourth-order valence-corrected chi connectivity index (χ4v) is 4.68. The lowest BCUT2D eigenvalue weighted by molar-refractivity contribution is -0.694. The second-order valence-corrected chi connectivity index (χ2v) is 7.60. The van der Waals surface area contributed by atoms with Crippen LogP contribution in [-0.2, 0) is 9.53 Å². The SMILES string of the molecule is CC(=O)/C=C(/C)OCC1[C@@H]2c3ccccc3-c3c4ccccc4cc[n+]3[C@@H]12. The molecule has 0 amide bonds. The average molecular weight is 356 g/mol. The predicted octanol–water partition coefficient (Wildman–Crippen LogP) is 4.57. The third-order valence-electron chi connectivity index (χ3n) is 5.82. The van der Waals surface area contributed by atoms with Gasteiger partial charge in [0.2, 0.25) is 5.69 Å². The van der Waals surface area contributed by atoms with Gasteiger partial charge in [-0.25, -0.2) is 0 Å². The quantitative estimate of drug-likeness (QED) is 0.389. The maximum Gasteiger partial charge on any atom is 0.220 e. The maximum atomic E-state index is 11.3. The van der Waals surface area contributed by atoms with Gasteiger partial charge in [0.25, 0.3) is 0 Å². The van der Waals surface area contributed by atoms with E-state index >= 15 is 0 Å². The zero-order valence-electron chi connectivity index (χ0n) is 15.6. The minimum absolute atomic E-state index is 0.0252. The van der Waals surface area contributed by atoms with Gasteiger partial charge in [-0.15, -0.1) is 0 Å². The minimum atomic E-state index is 0.0252. The highest BCUT2D eigenvalue weighted by molar-refractivity contribution is 5.94. The number of pyridine rings is 1. The second kappa shape index (κ2) is 6.05. The third-order valence-corrected chi connectivity index (χ3v) is 5.82. The third kappa shape index (κ3) is 2.57. The summed E-state index contributed by atoms with van der Waals surface area (Å²) in [6.07, 6.45) is 3.79. The molecule has 0 saturated heterocycles. The molecule has 2 aliphatic rings. The molecule has 0 radical (unpaired) electrons. The van der Waals surface area contributed by atoms with Crippen molar-refractivity contribution >= 4 is 16.6 Å². The number of ether oxygens (including phenoxy) is 1. The Balaban J connectivity index is 1.57. The Labute approximate surface area is 158 Å². The molecule has 1 saturated carbocycles. The van der Waals surface area contributed by atoms with E-state index in [0.29, 0.717) is 30.2 Å². The van der Waals surface area contributed by atoms with Crippen LogP contribution in [0.2, 0.25) is 0 Å². The summed E-state index contributed by atoms with van der Waals surface area (Å²) in [5.41, 5.74) is 4.05. The van der Waals surface area contributed by atoms with Gasteiger partial charge in [-0.2, -0.15) is 4.57 Å². The molecule has 3 nitrogen and oxygen atoms in total. The van der Waals surface area contributed by atoms with Gasteiger partial charge >= 0.3 is 0 Å². The normalized spacial score (nSPS) is 22.6. The first-order valence-corrected chi connectivity index (χ1v) is 9.49. The minimum Gasteiger partial charge on any atom is -0.498 e. The molecule has 0 N–H and O–H groups in total. The molecule has 5 rings (SSSR count). The predicted molar refractivity (Wildman–Crippen MR) is 105 cm³/mol. The Morgan fingerprint density at radius 2 is 1.85 bits per heavy atom. The van der Waals surface area contributed by atoms with Crippen molar-refractivity contribution in [1.29, 1.82) is 0 Å². The lowest BCUT2D eigenvalue weighted by Gasteiger charge is -2.15. The number of ketones is 1. The summed E-state index contributed by atoms with van der Waals surface area (Å²) in [5, 5.41) is 2.57. The number of fused-ring (bicyclic) bond motifs is 8. The summed E-state index contributed by atoms with van der Waals surface area (Å²) < 4.78 is 8.35. The van der Waals surface area contributed by atoms with Crippen LogP contribution >= 0.6 is 0 Å². The van der Waals surface area contributed by atoms with E-state index in [4.69, 9.17) is 4.74 Å². The van der Waals surface area contributed by atoms with E-state index in [1.165, 1.54) is 27.6 Å². The van der Waals surface area contributed by atoms with E-state index < -0.39 is 0 Å². The first-order chi connectivity index (χ1) is 13.1. The number of allylic oxidation sites excluding steroid dienone is 2. The number of carbonyl (C=O) groups is 1. The molecule has 1 aliphatic heterocycles. The monoisotopic (exact) mass is 356 g/mol. The Morgan fingerprint density at radius 1 is 1.07 bits per heavy atom. The zero-order chi connectivity index (χ0) is 18.5. The van der Waals surface area contributed by atoms with E-state index in [2.05, 4.69) is 65.4 Å². The van der Waals surface area contributed by atoms with E-state index in [1.807, 2.05) is 6.92 Å². The molecule has 27 heavy (non-hydrogen) atoms. The molecular formula is C24H22NO2+. The van der Waals surface area contributed by atoms with Crippen LogP contribution in [0.5, 0.6) is 0 Å². The average Bonchev–Trinajstić information content (AvgIpc) is 3.40. The van der Waals surface area contributed by atoms with Crippen LogP contribution in [0, 0.1) is 5.92 Å². The van der Waals surface area contributed by atoms with Gasteiger partial charge < -0.3 is 4.74 Å². The van der Waals surface area contributed by atoms with Crippen molar-refractivity contribution in [2.45, 2.75) is 25.8 Å². The topological polar surface area (TPSA) is 30.2 Å². The van der Waals surface area contributed by atoms with Crippen molar-refractivity contribution in [3.8, 4) is 11.3 Å². The van der Waals surface area contributed by atoms with Crippen LogP contribution in [0.4, 0.5) is 0 Å². The Morgan fingerprint density at radius 3 is 2.70 bits per heavy atom. The van der Waals surface area contributed by atoms with Crippen LogP contribution in [0.15, 0.2) is 72.6 Å². The summed E-state index contributed by atoms with van der Waals surface area (Å²) in [5.74, 6) is 1.62. The Hall–Kier alpha value is -2.94. The molecule has 2 aromatic carbocycles. The summed E-state index contributed by atoms with van der Waals surface area (Å²) in [7, 11) is 0. The molecule has 1 fully saturated rings. The number of hydrogen-bond acceptors (Lipinski definition) is 2. The lowest BCUT2D eigenvalue weighted by Crippen LogP contribution is -2.38. The number of benzene rings is 2. The first-order valence-electron chi connectivity index (χ1n) is 9.49. The van der Waals surface area contributed by atoms with Gasteiger partial charge in [-0.1, -0.05) is 36.4 Å². The highest BCUT2D eigenvalue weighted by Gasteiger charge is 2.63. The summed E-state index contributed by atoms with van der Waals surface area (Å²) in [4.78, 5) is 11.3. The number of nitrogens with zero attached hydrogens (tertiary/aromatic N) is 1. The fraction of sp³-hybridized carbons (Fsp3) is 0.250. The molecule has 1 unspecified atom stereocenters. The van der Waals surface area contributed by atoms with Crippen LogP contribution in [0.1, 0.15) is 31.4 Å². The van der Waals surface area contributed by atoms with E-state index in [1.54, 1.807) is 13.0 Å². The first kappa shape index (κ1) is 16.2. The van der Waals surface area contributed by atoms with Gasteiger partial charge in [-0.3, -0.25) is 4.79 Å². The molecule has 3 atom stereocenters. The number of aromatic nitrogens is 1. The van der Waals surface area contributed by atoms with Gasteiger partial charge in [0.1, 0.15) is 0 Å². The van der Waals surface area contributed by atoms with E-state index in [-0.39, 0.29) is 5.78 Å². The standard InChI is InChI=1S/C24H22NO2/c1-15(26)13-16(2)27-14-21-22-19-9-5-6-10-20(19)23-18-8-4-3-7-17(18)11-12-25(23)24(21)22/h3-13,21-22,24H,14H2,1-2H3/q+1/b16-13-/t21?,22-,24-/m0/s1. The van der Waals surface area contributed by atoms with Crippen molar-refractivity contribution in [1.82, 2.24) is 0 Å². The summed E-state index contributed by atoms with van der Waals surface area (Å²) in [6.45, 7) is 4.05. The molecule has 0 bridgehead atoms. The van der Waals surface area contributed by atoms with Gasteiger partial charge in [0.15, 0.2) is 18.0 Å². The molecule has 0 spiro atoms. The van der Waals surface area contributed by atoms with Crippen molar-refractivity contribution in [3.63, 3.8) is 0 Å². The Bertz CT molecular complexity index is 1100. The van der Waals surface area contributed by atoms with Crippen LogP contribution in [0.3, 0.4) is 0 Å². The van der Waals surface area contributed by atoms with Gasteiger partial charge in [0, 0.05) is 12.1 Å². The second-order valence-electron chi connectivity index (χ2n) is 7.60. The molecular weight excluding hydrogens is 334 g/mol. The maximum absolute atomic E-state index is 11.3. The fourth-order valence-electron chi connectivity index (χ4n) is 4.68. The number of carbonyl (C=O) groups excluding carboxylic acids is 1. The smallest absolute Gasteiger partial charge is 0.220 e. The molecule has 1 aliphatic carbocycles. The van der Waals surface area contributed by atoms with E-state index in [0.717, 1.165) is 0 Å². The number of hydrogen-bond donors (Lipinski definition) is 0. The molecule has 1 aromatic heterocycles. The largest absolute Gasteiger partial charge is 0.498 e.